The van der Waals surface area contributed by atoms with Crippen molar-refractivity contribution in [2.45, 2.75) is 86.0 Å². The van der Waals surface area contributed by atoms with Gasteiger partial charge in [0.15, 0.2) is 0 Å². The van der Waals surface area contributed by atoms with Gasteiger partial charge in [-0.3, -0.25) is 34.1 Å². The molecule has 0 aliphatic carbocycles. The summed E-state index contributed by atoms with van der Waals surface area (Å²) in [5, 5.41) is 58.5. The van der Waals surface area contributed by atoms with E-state index in [0.717, 1.165) is 22.3 Å². The van der Waals surface area contributed by atoms with Crippen molar-refractivity contribution in [1.82, 2.24) is 21.3 Å². The number of aromatic hydroxyl groups is 5. The molecule has 5 aromatic carbocycles. The van der Waals surface area contributed by atoms with Gasteiger partial charge < -0.3 is 114 Å². The number of rotatable bonds is 40. The highest BCUT2D eigenvalue weighted by Gasteiger charge is 2.11. The van der Waals surface area contributed by atoms with Crippen molar-refractivity contribution in [3.63, 3.8) is 0 Å². The second-order valence-corrected chi connectivity index (χ2v) is 22.3. The van der Waals surface area contributed by atoms with Gasteiger partial charge in [0.2, 0.25) is 23.6 Å². The molecule has 5 rings (SSSR count). The van der Waals surface area contributed by atoms with E-state index in [1.54, 1.807) is 118 Å². The van der Waals surface area contributed by atoms with Gasteiger partial charge in [0, 0.05) is 64.3 Å². The Morgan fingerprint density at radius 1 is 0.309 bits per heavy atom. The summed E-state index contributed by atoms with van der Waals surface area (Å²) in [4.78, 5) is 114. The highest BCUT2D eigenvalue weighted by atomic mass is 16.5. The number of benzene rings is 5. The van der Waals surface area contributed by atoms with Crippen LogP contribution in [0.1, 0.15) is 82.6 Å². The maximum Gasteiger partial charge on any atom is 0.319 e. The summed E-state index contributed by atoms with van der Waals surface area (Å²) >= 11 is 0. The Balaban J connectivity index is 0.000000691. The summed E-state index contributed by atoms with van der Waals surface area (Å²) in [6, 6.07) is 31.6. The fourth-order valence-corrected chi connectivity index (χ4v) is 7.78. The number of phenols is 5. The fraction of sp³-hybridized carbons (Fsp3) is 0.397. The number of carbonyl (C=O) groups is 8. The third kappa shape index (κ3) is 53.9. The van der Waals surface area contributed by atoms with E-state index in [4.69, 9.17) is 77.8 Å². The summed E-state index contributed by atoms with van der Waals surface area (Å²) in [6.07, 6.45) is 3.03. The Morgan fingerprint density at radius 3 is 0.918 bits per heavy atom. The molecule has 0 aliphatic heterocycles. The van der Waals surface area contributed by atoms with Gasteiger partial charge in [-0.05, 0) is 155 Å². The number of amides is 10. The van der Waals surface area contributed by atoms with Crippen molar-refractivity contribution in [2.24, 2.45) is 64.4 Å². The van der Waals surface area contributed by atoms with E-state index in [9.17, 15) is 53.7 Å². The summed E-state index contributed by atoms with van der Waals surface area (Å²) < 4.78 is 35.4. The van der Waals surface area contributed by atoms with Gasteiger partial charge in [-0.1, -0.05) is 48.5 Å². The van der Waals surface area contributed by atoms with Crippen LogP contribution in [0.15, 0.2) is 151 Å². The molecule has 10 amide bonds. The highest BCUT2D eigenvalue weighted by molar-refractivity contribution is 5.99. The van der Waals surface area contributed by atoms with Crippen LogP contribution in [0.3, 0.4) is 0 Å². The number of amidine groups is 6. The van der Waals surface area contributed by atoms with E-state index in [1.807, 2.05) is 13.8 Å². The van der Waals surface area contributed by atoms with Crippen molar-refractivity contribution >= 4 is 88.2 Å². The van der Waals surface area contributed by atoms with Crippen LogP contribution in [0.2, 0.25) is 0 Å². The minimum atomic E-state index is -0.576. The largest absolute Gasteiger partial charge is 0.508 e. The number of anilines is 1. The zero-order valence-electron chi connectivity index (χ0n) is 62.5. The van der Waals surface area contributed by atoms with E-state index in [2.05, 4.69) is 56.5 Å². The SMILES string of the molecule is CCNC(=O)NCOCC(N)=NC(=O)CCc1ccc(O)cc1.CCOCC(N)=NC(=O)CCc1ccc(O)cc1.CCOCC(N)=NC(=O)CNC(=O)Nc1ccc(O)cc1.CCOCC(N)=NC(=O)COCC(N)=NC(=O)CCc1ccc(O)cc1.CCOCNCOCC(N)=NC(=O)CCc1ccc(O)cc1. The molecule has 0 saturated carbocycles. The van der Waals surface area contributed by atoms with Crippen LogP contribution in [-0.4, -0.2) is 214 Å². The fourth-order valence-electron chi connectivity index (χ4n) is 7.78. The molecular formula is C73H105N17O20. The highest BCUT2D eigenvalue weighted by Crippen LogP contribution is 2.16. The molecule has 0 aromatic heterocycles. The number of phenolic OH excluding ortho intramolecular Hbond substituents is 5. The lowest BCUT2D eigenvalue weighted by atomic mass is 10.1. The molecule has 0 heterocycles. The first-order valence-corrected chi connectivity index (χ1v) is 34.5. The molecule has 0 atom stereocenters. The van der Waals surface area contributed by atoms with E-state index >= 15 is 0 Å². The monoisotopic (exact) mass is 1540 g/mol. The van der Waals surface area contributed by atoms with Crippen molar-refractivity contribution in [3.8, 4) is 28.7 Å². The van der Waals surface area contributed by atoms with Crippen LogP contribution < -0.4 is 61.0 Å². The molecule has 22 N–H and O–H groups in total. The minimum Gasteiger partial charge on any atom is -0.508 e. The molecule has 0 spiro atoms. The maximum absolute atomic E-state index is 11.7. The molecule has 0 saturated heterocycles. The van der Waals surface area contributed by atoms with Crippen LogP contribution in [0.25, 0.3) is 0 Å². The quantitative estimate of drug-likeness (QED) is 0.00881. The van der Waals surface area contributed by atoms with E-state index in [-0.39, 0.29) is 179 Å². The maximum atomic E-state index is 11.7. The molecule has 0 fully saturated rings. The number of hydrogen-bond donors (Lipinski definition) is 16. The second kappa shape index (κ2) is 60.2. The van der Waals surface area contributed by atoms with Crippen molar-refractivity contribution in [2.75, 3.05) is 111 Å². The number of nitrogens with zero attached hydrogens (tertiary/aromatic N) is 6. The van der Waals surface area contributed by atoms with Gasteiger partial charge in [0.05, 0.1) is 13.5 Å². The van der Waals surface area contributed by atoms with E-state index in [1.165, 1.54) is 24.3 Å². The molecule has 37 heteroatoms. The standard InChI is InChI=1S/C17H24N4O5.C15H22N4O4.C15H23N3O4.C13H18N4O4.C13H18N2O3/c1-2-25-9-14(18)21-17(24)11-26-10-15(19)20-16(23)8-5-12-3-6-13(22)7-4-12;1-2-17-15(22)18-10-23-9-13(16)19-14(21)8-5-11-3-6-12(20)7-4-11;1-2-21-10-17-11-22-9-14(16)18-15(20)8-5-12-3-6-13(19)7-4-12;1-2-21-8-11(14)17-12(19)7-15-13(20)16-9-3-5-10(18)6-4-9;1-2-18-9-12(14)15-13(17)8-5-10-3-6-11(16)7-4-10/h3-4,6-7,22H,2,5,8-11H2,1H3,(H2,18,21,24)(H2,19,20,23);3-4,6-7,20H,2,5,8-10H2,1H3,(H2,16,19,21)(H2,17,18,22);3-4,6-7,17,19H,2,5,8-11H2,1H3,(H2,16,18,20);3-6,18H,2,7-8H2,1H3,(H2,14,17,19)(H2,15,16,20);3-4,6-7,16H,2,5,8-9H2,1H3,(H2,14,15,17). The van der Waals surface area contributed by atoms with Crippen LogP contribution in [0.5, 0.6) is 28.7 Å². The van der Waals surface area contributed by atoms with Gasteiger partial charge in [0.1, 0.15) is 123 Å². The Kier molecular flexibility index (Phi) is 52.6. The summed E-state index contributed by atoms with van der Waals surface area (Å²) in [7, 11) is 0. The average molecular weight is 1540 g/mol. The number of hydrogen-bond acceptors (Lipinski definition) is 21. The molecule has 602 valence electrons. The van der Waals surface area contributed by atoms with Crippen LogP contribution >= 0.6 is 0 Å². The number of nitrogens with one attached hydrogen (secondary N) is 5. The van der Waals surface area contributed by atoms with Crippen molar-refractivity contribution in [3.05, 3.63) is 144 Å². The normalized spacial score (nSPS) is 11.5. The van der Waals surface area contributed by atoms with Gasteiger partial charge in [0.25, 0.3) is 11.8 Å². The average Bonchev–Trinajstić information content (AvgIpc) is 0.927. The molecule has 37 nitrogen and oxygen atoms in total. The number of carbonyl (C=O) groups excluding carboxylic acids is 8. The third-order valence-corrected chi connectivity index (χ3v) is 13.0. The first-order valence-electron chi connectivity index (χ1n) is 34.5. The van der Waals surface area contributed by atoms with Crippen LogP contribution in [0.4, 0.5) is 15.3 Å². The number of nitrogens with two attached hydrogens (primary N) is 6. The van der Waals surface area contributed by atoms with Crippen LogP contribution in [-0.2, 0) is 87.6 Å². The zero-order chi connectivity index (χ0) is 81.7. The Bertz CT molecular complexity index is 3710. The number of aryl methyl sites for hydroxylation is 4. The van der Waals surface area contributed by atoms with Crippen molar-refractivity contribution in [1.29, 1.82) is 0 Å². The number of ether oxygens (including phenoxy) is 7. The summed E-state index contributed by atoms with van der Waals surface area (Å²) in [5.41, 5.74) is 37.5. The third-order valence-electron chi connectivity index (χ3n) is 13.0. The topological polar surface area (TPSA) is 593 Å². The molecule has 0 bridgehead atoms. The van der Waals surface area contributed by atoms with Gasteiger partial charge in [-0.25, -0.2) is 9.59 Å². The predicted molar refractivity (Wildman–Crippen MR) is 414 cm³/mol. The number of aliphatic imine (C=N–C) groups is 6. The Hall–Kier alpha value is -11.8. The van der Waals surface area contributed by atoms with Crippen LogP contribution in [0, 0.1) is 0 Å². The molecule has 0 radical (unpaired) electrons. The van der Waals surface area contributed by atoms with E-state index < -0.39 is 23.8 Å². The second-order valence-electron chi connectivity index (χ2n) is 22.3. The molecule has 0 unspecified atom stereocenters. The predicted octanol–water partition coefficient (Wildman–Crippen LogP) is 3.09. The van der Waals surface area contributed by atoms with Gasteiger partial charge in [-0.2, -0.15) is 30.0 Å². The molecule has 5 aromatic rings. The summed E-state index contributed by atoms with van der Waals surface area (Å²) in [5.74, 6) is -1.11. The Labute approximate surface area is 638 Å². The van der Waals surface area contributed by atoms with Gasteiger partial charge in [-0.15, -0.1) is 0 Å². The first-order chi connectivity index (χ1) is 52.6. The minimum absolute atomic E-state index is 0.0241. The molecule has 110 heavy (non-hydrogen) atoms. The van der Waals surface area contributed by atoms with Crippen molar-refractivity contribution < 1.29 is 97.0 Å². The zero-order valence-corrected chi connectivity index (χ0v) is 62.5. The molecule has 0 aliphatic rings. The van der Waals surface area contributed by atoms with E-state index in [0.29, 0.717) is 71.1 Å². The number of urea groups is 2. The lowest BCUT2D eigenvalue weighted by molar-refractivity contribution is -0.122. The molecular weight excluding hydrogens is 1430 g/mol. The smallest absolute Gasteiger partial charge is 0.319 e. The first kappa shape index (κ1) is 96.2. The lowest BCUT2D eigenvalue weighted by Gasteiger charge is -2.06. The Morgan fingerprint density at radius 2 is 0.591 bits per heavy atom. The van der Waals surface area contributed by atoms with Gasteiger partial charge >= 0.3 is 12.1 Å². The lowest BCUT2D eigenvalue weighted by Crippen LogP contribution is -2.37. The summed E-state index contributed by atoms with van der Waals surface area (Å²) in [6.45, 7) is 12.0.